The fourth-order valence-electron chi connectivity index (χ4n) is 2.52. The summed E-state index contributed by atoms with van der Waals surface area (Å²) >= 11 is 13.6. The van der Waals surface area contributed by atoms with Crippen molar-refractivity contribution < 1.29 is 9.32 Å². The molecule has 4 rings (SSSR count). The maximum atomic E-state index is 12.4. The zero-order valence-corrected chi connectivity index (χ0v) is 16.6. The molecule has 0 saturated carbocycles. The molecule has 0 aliphatic rings. The van der Waals surface area contributed by atoms with Crippen molar-refractivity contribution in [2.45, 2.75) is 6.42 Å². The zero-order valence-electron chi connectivity index (χ0n) is 14.2. The summed E-state index contributed by atoms with van der Waals surface area (Å²) in [5.41, 5.74) is 1.85. The van der Waals surface area contributed by atoms with Crippen LogP contribution < -0.4 is 5.32 Å². The average Bonchev–Trinajstić information content (AvgIpc) is 3.36. The van der Waals surface area contributed by atoms with Gasteiger partial charge in [0.25, 0.3) is 5.91 Å². The number of nitrogens with zero attached hydrogens (tertiary/aromatic N) is 3. The number of aromatic nitrogens is 3. The third kappa shape index (κ3) is 4.06. The van der Waals surface area contributed by atoms with Crippen LogP contribution in [0, 0.1) is 0 Å². The maximum Gasteiger partial charge on any atom is 0.279 e. The lowest BCUT2D eigenvalue weighted by Crippen LogP contribution is -2.11. The lowest BCUT2D eigenvalue weighted by atomic mass is 10.1. The van der Waals surface area contributed by atoms with Gasteiger partial charge in [0.15, 0.2) is 16.6 Å². The first kappa shape index (κ1) is 18.6. The summed E-state index contributed by atoms with van der Waals surface area (Å²) in [5.74, 6) is 0.0914. The van der Waals surface area contributed by atoms with Crippen LogP contribution in [0.2, 0.25) is 10.0 Å². The molecule has 0 unspecified atom stereocenters. The van der Waals surface area contributed by atoms with Crippen molar-refractivity contribution in [2.24, 2.45) is 0 Å². The Morgan fingerprint density at radius 1 is 1.18 bits per heavy atom. The summed E-state index contributed by atoms with van der Waals surface area (Å²) in [6.45, 7) is 0. The molecule has 0 radical (unpaired) electrons. The van der Waals surface area contributed by atoms with Crippen molar-refractivity contribution >= 4 is 45.6 Å². The number of nitrogens with one attached hydrogen (secondary N) is 1. The van der Waals surface area contributed by atoms with Crippen molar-refractivity contribution in [2.75, 3.05) is 5.32 Å². The van der Waals surface area contributed by atoms with Crippen molar-refractivity contribution in [1.82, 2.24) is 15.1 Å². The van der Waals surface area contributed by atoms with Gasteiger partial charge in [0.1, 0.15) is 0 Å². The minimum atomic E-state index is -0.397. The van der Waals surface area contributed by atoms with Crippen molar-refractivity contribution in [1.29, 1.82) is 0 Å². The fraction of sp³-hybridized carbons (Fsp3) is 0.0526. The van der Waals surface area contributed by atoms with E-state index in [0.29, 0.717) is 27.4 Å². The SMILES string of the molecule is O=C(Nc1ncc(Cc2cccc(Cl)c2Cl)s1)c1cc(-c2ccncc2)on1. The summed E-state index contributed by atoms with van der Waals surface area (Å²) < 4.78 is 5.24. The number of carbonyl (C=O) groups is 1. The van der Waals surface area contributed by atoms with E-state index < -0.39 is 5.91 Å². The van der Waals surface area contributed by atoms with Crippen LogP contribution in [0.4, 0.5) is 5.13 Å². The fourth-order valence-corrected chi connectivity index (χ4v) is 3.73. The van der Waals surface area contributed by atoms with Gasteiger partial charge in [-0.05, 0) is 23.8 Å². The number of pyridine rings is 1. The van der Waals surface area contributed by atoms with E-state index in [1.807, 2.05) is 12.1 Å². The van der Waals surface area contributed by atoms with Crippen LogP contribution in [0.25, 0.3) is 11.3 Å². The molecular formula is C19H12Cl2N4O2S. The first-order chi connectivity index (χ1) is 13.6. The van der Waals surface area contributed by atoms with E-state index in [9.17, 15) is 4.79 Å². The molecule has 0 spiro atoms. The third-order valence-electron chi connectivity index (χ3n) is 3.88. The van der Waals surface area contributed by atoms with Crippen molar-refractivity contribution in [3.05, 3.63) is 81.2 Å². The van der Waals surface area contributed by atoms with Gasteiger partial charge in [-0.3, -0.25) is 15.1 Å². The molecule has 1 aromatic carbocycles. The Bertz CT molecular complexity index is 1130. The number of anilines is 1. The smallest absolute Gasteiger partial charge is 0.279 e. The minimum absolute atomic E-state index is 0.168. The zero-order chi connectivity index (χ0) is 19.5. The number of amides is 1. The van der Waals surface area contributed by atoms with Gasteiger partial charge in [0, 0.05) is 41.5 Å². The van der Waals surface area contributed by atoms with E-state index in [0.717, 1.165) is 16.0 Å². The Morgan fingerprint density at radius 2 is 2.00 bits per heavy atom. The predicted molar refractivity (Wildman–Crippen MR) is 109 cm³/mol. The number of thiazole rings is 1. The molecule has 0 bridgehead atoms. The highest BCUT2D eigenvalue weighted by Crippen LogP contribution is 2.29. The molecule has 0 saturated heterocycles. The highest BCUT2D eigenvalue weighted by Gasteiger charge is 2.16. The Balaban J connectivity index is 1.45. The van der Waals surface area contributed by atoms with Gasteiger partial charge < -0.3 is 4.52 Å². The van der Waals surface area contributed by atoms with Gasteiger partial charge in [-0.1, -0.05) is 40.5 Å². The molecule has 4 aromatic rings. The van der Waals surface area contributed by atoms with Gasteiger partial charge in [0.05, 0.1) is 10.0 Å². The highest BCUT2D eigenvalue weighted by molar-refractivity contribution is 7.15. The van der Waals surface area contributed by atoms with Crippen LogP contribution in [-0.2, 0) is 6.42 Å². The van der Waals surface area contributed by atoms with Gasteiger partial charge in [-0.25, -0.2) is 4.98 Å². The lowest BCUT2D eigenvalue weighted by Gasteiger charge is -2.03. The molecule has 0 aliphatic carbocycles. The molecule has 9 heteroatoms. The number of halogens is 2. The van der Waals surface area contributed by atoms with E-state index in [4.69, 9.17) is 27.7 Å². The highest BCUT2D eigenvalue weighted by atomic mass is 35.5. The van der Waals surface area contributed by atoms with Gasteiger partial charge in [0.2, 0.25) is 0 Å². The third-order valence-corrected chi connectivity index (χ3v) is 5.65. The Labute approximate surface area is 174 Å². The Kier molecular flexibility index (Phi) is 5.38. The predicted octanol–water partition coefficient (Wildman–Crippen LogP) is 5.34. The molecule has 28 heavy (non-hydrogen) atoms. The van der Waals surface area contributed by atoms with Gasteiger partial charge >= 0.3 is 0 Å². The van der Waals surface area contributed by atoms with Crippen LogP contribution in [0.15, 0.2) is 59.5 Å². The summed E-state index contributed by atoms with van der Waals surface area (Å²) in [7, 11) is 0. The largest absolute Gasteiger partial charge is 0.355 e. The number of hydrogen-bond acceptors (Lipinski definition) is 6. The minimum Gasteiger partial charge on any atom is -0.355 e. The second kappa shape index (κ2) is 8.10. The van der Waals surface area contributed by atoms with Crippen LogP contribution in [0.1, 0.15) is 20.9 Å². The van der Waals surface area contributed by atoms with E-state index in [2.05, 4.69) is 20.4 Å². The molecule has 1 amide bonds. The number of rotatable bonds is 5. The van der Waals surface area contributed by atoms with Gasteiger partial charge in [-0.2, -0.15) is 0 Å². The Hall–Kier alpha value is -2.74. The average molecular weight is 431 g/mol. The van der Waals surface area contributed by atoms with E-state index >= 15 is 0 Å². The van der Waals surface area contributed by atoms with E-state index in [1.165, 1.54) is 11.3 Å². The molecule has 3 aromatic heterocycles. The summed E-state index contributed by atoms with van der Waals surface area (Å²) in [5, 5.41) is 8.05. The quantitative estimate of drug-likeness (QED) is 0.461. The second-order valence-corrected chi connectivity index (χ2v) is 7.69. The molecule has 6 nitrogen and oxygen atoms in total. The van der Waals surface area contributed by atoms with E-state index in [1.54, 1.807) is 42.9 Å². The number of benzene rings is 1. The normalized spacial score (nSPS) is 10.8. The number of carbonyl (C=O) groups excluding carboxylic acids is 1. The number of hydrogen-bond donors (Lipinski definition) is 1. The first-order valence-corrected chi connectivity index (χ1v) is 9.73. The summed E-state index contributed by atoms with van der Waals surface area (Å²) in [6.07, 6.45) is 5.55. The molecule has 0 atom stereocenters. The standard InChI is InChI=1S/C19H12Cl2N4O2S/c20-14-3-1-2-12(17(14)21)8-13-10-23-19(28-13)24-18(26)15-9-16(27-25-15)11-4-6-22-7-5-11/h1-7,9-10H,8H2,(H,23,24,26). The summed E-state index contributed by atoms with van der Waals surface area (Å²) in [4.78, 5) is 21.5. The van der Waals surface area contributed by atoms with Gasteiger partial charge in [-0.15, -0.1) is 11.3 Å². The summed E-state index contributed by atoms with van der Waals surface area (Å²) in [6, 6.07) is 10.6. The maximum absolute atomic E-state index is 12.4. The molecule has 140 valence electrons. The van der Waals surface area contributed by atoms with Crippen LogP contribution in [-0.4, -0.2) is 21.0 Å². The van der Waals surface area contributed by atoms with Crippen molar-refractivity contribution in [3.8, 4) is 11.3 Å². The Morgan fingerprint density at radius 3 is 2.82 bits per heavy atom. The van der Waals surface area contributed by atoms with Crippen LogP contribution in [0.3, 0.4) is 0 Å². The molecule has 3 heterocycles. The first-order valence-electron chi connectivity index (χ1n) is 8.16. The lowest BCUT2D eigenvalue weighted by molar-refractivity contribution is 0.101. The van der Waals surface area contributed by atoms with E-state index in [-0.39, 0.29) is 5.69 Å². The second-order valence-electron chi connectivity index (χ2n) is 5.79. The molecular weight excluding hydrogens is 419 g/mol. The molecule has 1 N–H and O–H groups in total. The topological polar surface area (TPSA) is 80.9 Å². The van der Waals surface area contributed by atoms with Crippen LogP contribution >= 0.6 is 34.5 Å². The molecule has 0 fully saturated rings. The molecule has 0 aliphatic heterocycles. The van der Waals surface area contributed by atoms with Crippen molar-refractivity contribution in [3.63, 3.8) is 0 Å². The van der Waals surface area contributed by atoms with Crippen LogP contribution in [0.5, 0.6) is 0 Å². The monoisotopic (exact) mass is 430 g/mol.